The Morgan fingerprint density at radius 1 is 1.19 bits per heavy atom. The van der Waals surface area contributed by atoms with E-state index in [1.54, 1.807) is 14.2 Å². The van der Waals surface area contributed by atoms with Gasteiger partial charge in [0.25, 0.3) is 0 Å². The average Bonchev–Trinajstić information content (AvgIpc) is 2.27. The highest BCUT2D eigenvalue weighted by atomic mass is 16.5. The summed E-state index contributed by atoms with van der Waals surface area (Å²) < 4.78 is 10.5. The molecule has 3 nitrogen and oxygen atoms in total. The predicted molar refractivity (Wildman–Crippen MR) is 61.3 cm³/mol. The zero-order valence-corrected chi connectivity index (χ0v) is 9.87. The Morgan fingerprint density at radius 3 is 2.44 bits per heavy atom. The highest BCUT2D eigenvalue weighted by molar-refractivity contribution is 5.84. The zero-order valence-electron chi connectivity index (χ0n) is 9.87. The molecular weight excluding hydrogens is 204 g/mol. The van der Waals surface area contributed by atoms with Crippen LogP contribution in [-0.4, -0.2) is 20.0 Å². The minimum atomic E-state index is 0.274. The Hall–Kier alpha value is -1.51. The summed E-state index contributed by atoms with van der Waals surface area (Å²) >= 11 is 0. The van der Waals surface area contributed by atoms with E-state index in [-0.39, 0.29) is 5.92 Å². The first-order chi connectivity index (χ1) is 7.65. The molecule has 0 saturated heterocycles. The molecule has 0 heterocycles. The van der Waals surface area contributed by atoms with Gasteiger partial charge in [-0.15, -0.1) is 0 Å². The van der Waals surface area contributed by atoms with Gasteiger partial charge in [0, 0.05) is 12.8 Å². The molecule has 1 atom stereocenters. The summed E-state index contributed by atoms with van der Waals surface area (Å²) in [6.07, 6.45) is 1.14. The van der Waals surface area contributed by atoms with Crippen molar-refractivity contribution in [1.29, 1.82) is 0 Å². The van der Waals surface area contributed by atoms with Crippen molar-refractivity contribution in [3.05, 3.63) is 23.3 Å². The van der Waals surface area contributed by atoms with Crippen molar-refractivity contribution in [2.75, 3.05) is 14.2 Å². The zero-order chi connectivity index (χ0) is 11.7. The maximum atomic E-state index is 11.5. The molecule has 0 spiro atoms. The number of fused-ring (bicyclic) bond motifs is 1. The van der Waals surface area contributed by atoms with Crippen LogP contribution in [0.4, 0.5) is 0 Å². The lowest BCUT2D eigenvalue weighted by Crippen LogP contribution is -2.16. The van der Waals surface area contributed by atoms with Crippen molar-refractivity contribution in [2.24, 2.45) is 0 Å². The second kappa shape index (κ2) is 4.16. The molecule has 16 heavy (non-hydrogen) atoms. The lowest BCUT2D eigenvalue weighted by atomic mass is 9.83. The Bertz CT molecular complexity index is 423. The fourth-order valence-electron chi connectivity index (χ4n) is 2.28. The molecular formula is C13H16O3. The number of rotatable bonds is 2. The number of hydrogen-bond donors (Lipinski definition) is 0. The van der Waals surface area contributed by atoms with Crippen LogP contribution in [0.15, 0.2) is 12.1 Å². The van der Waals surface area contributed by atoms with Gasteiger partial charge < -0.3 is 9.47 Å². The number of Topliss-reactive ketones (excluding diaryl/α,β-unsaturated/α-hetero) is 1. The van der Waals surface area contributed by atoms with Crippen LogP contribution in [0, 0.1) is 0 Å². The molecule has 86 valence electrons. The standard InChI is InChI=1S/C13H16O3/c1-8-4-10(14)5-9-6-12(15-2)13(16-3)7-11(8)9/h6-8H,4-5H2,1-3H3/t8-/m1/s1. The van der Waals surface area contributed by atoms with Gasteiger partial charge >= 0.3 is 0 Å². The number of carbonyl (C=O) groups excluding carboxylic acids is 1. The first kappa shape index (κ1) is 11.0. The normalized spacial score (nSPS) is 19.2. The molecule has 1 aliphatic carbocycles. The van der Waals surface area contributed by atoms with E-state index in [2.05, 4.69) is 6.92 Å². The molecule has 3 heteroatoms. The second-order valence-electron chi connectivity index (χ2n) is 4.23. The Balaban J connectivity index is 2.51. The van der Waals surface area contributed by atoms with E-state index in [4.69, 9.17) is 9.47 Å². The minimum absolute atomic E-state index is 0.274. The van der Waals surface area contributed by atoms with Crippen molar-refractivity contribution in [2.45, 2.75) is 25.7 Å². The molecule has 0 unspecified atom stereocenters. The Kier molecular flexibility index (Phi) is 2.86. The molecule has 0 aliphatic heterocycles. The Labute approximate surface area is 95.4 Å². The fourth-order valence-corrected chi connectivity index (χ4v) is 2.28. The summed E-state index contributed by atoms with van der Waals surface area (Å²) in [6.45, 7) is 2.07. The van der Waals surface area contributed by atoms with Gasteiger partial charge in [-0.25, -0.2) is 0 Å². The third-order valence-corrected chi connectivity index (χ3v) is 3.10. The lowest BCUT2D eigenvalue weighted by Gasteiger charge is -2.23. The van der Waals surface area contributed by atoms with Crippen LogP contribution < -0.4 is 9.47 Å². The number of hydrogen-bond acceptors (Lipinski definition) is 3. The molecule has 0 bridgehead atoms. The number of ether oxygens (including phenoxy) is 2. The largest absolute Gasteiger partial charge is 0.493 e. The van der Waals surface area contributed by atoms with Crippen molar-refractivity contribution in [3.63, 3.8) is 0 Å². The summed E-state index contributed by atoms with van der Waals surface area (Å²) in [4.78, 5) is 11.5. The maximum Gasteiger partial charge on any atom is 0.161 e. The van der Waals surface area contributed by atoms with Crippen LogP contribution >= 0.6 is 0 Å². The number of benzene rings is 1. The van der Waals surface area contributed by atoms with Gasteiger partial charge in [-0.3, -0.25) is 4.79 Å². The molecule has 0 saturated carbocycles. The molecule has 2 rings (SSSR count). The summed E-state index contributed by atoms with van der Waals surface area (Å²) in [5.41, 5.74) is 2.28. The summed E-state index contributed by atoms with van der Waals surface area (Å²) in [5.74, 6) is 2.01. The quantitative estimate of drug-likeness (QED) is 0.767. The van der Waals surface area contributed by atoms with Crippen molar-refractivity contribution >= 4 is 5.78 Å². The average molecular weight is 220 g/mol. The van der Waals surface area contributed by atoms with Gasteiger partial charge in [0.2, 0.25) is 0 Å². The smallest absolute Gasteiger partial charge is 0.161 e. The van der Waals surface area contributed by atoms with Crippen molar-refractivity contribution < 1.29 is 14.3 Å². The van der Waals surface area contributed by atoms with Crippen LogP contribution in [0.5, 0.6) is 11.5 Å². The van der Waals surface area contributed by atoms with Gasteiger partial charge in [0.05, 0.1) is 14.2 Å². The van der Waals surface area contributed by atoms with Gasteiger partial charge in [-0.1, -0.05) is 6.92 Å². The van der Waals surface area contributed by atoms with Crippen LogP contribution in [0.2, 0.25) is 0 Å². The van der Waals surface area contributed by atoms with Crippen LogP contribution in [-0.2, 0) is 11.2 Å². The van der Waals surface area contributed by atoms with Gasteiger partial charge in [0.15, 0.2) is 11.5 Å². The van der Waals surface area contributed by atoms with E-state index >= 15 is 0 Å². The van der Waals surface area contributed by atoms with Crippen molar-refractivity contribution in [1.82, 2.24) is 0 Å². The Morgan fingerprint density at radius 2 is 1.81 bits per heavy atom. The van der Waals surface area contributed by atoms with Crippen LogP contribution in [0.3, 0.4) is 0 Å². The predicted octanol–water partition coefficient (Wildman–Crippen LogP) is 2.32. The molecule has 0 N–H and O–H groups in total. The highest BCUT2D eigenvalue weighted by Crippen LogP contribution is 2.37. The number of methoxy groups -OCH3 is 2. The first-order valence-electron chi connectivity index (χ1n) is 5.42. The first-order valence-corrected chi connectivity index (χ1v) is 5.42. The maximum absolute atomic E-state index is 11.5. The van der Waals surface area contributed by atoms with E-state index in [0.29, 0.717) is 24.4 Å². The molecule has 0 fully saturated rings. The van der Waals surface area contributed by atoms with Crippen LogP contribution in [0.1, 0.15) is 30.4 Å². The highest BCUT2D eigenvalue weighted by Gasteiger charge is 2.24. The van der Waals surface area contributed by atoms with E-state index in [9.17, 15) is 4.79 Å². The molecule has 1 aromatic rings. The summed E-state index contributed by atoms with van der Waals surface area (Å²) in [6, 6.07) is 3.91. The van der Waals surface area contributed by atoms with Crippen LogP contribution in [0.25, 0.3) is 0 Å². The lowest BCUT2D eigenvalue weighted by molar-refractivity contribution is -0.119. The molecule has 0 amide bonds. The van der Waals surface area contributed by atoms with E-state index in [0.717, 1.165) is 11.3 Å². The molecule has 1 aliphatic rings. The summed E-state index contributed by atoms with van der Waals surface area (Å²) in [5, 5.41) is 0. The van der Waals surface area contributed by atoms with E-state index < -0.39 is 0 Å². The fraction of sp³-hybridized carbons (Fsp3) is 0.462. The summed E-state index contributed by atoms with van der Waals surface area (Å²) in [7, 11) is 3.24. The monoisotopic (exact) mass is 220 g/mol. The van der Waals surface area contributed by atoms with E-state index in [1.165, 1.54) is 5.56 Å². The molecule has 0 aromatic heterocycles. The second-order valence-corrected chi connectivity index (χ2v) is 4.23. The van der Waals surface area contributed by atoms with Gasteiger partial charge in [-0.05, 0) is 29.2 Å². The van der Waals surface area contributed by atoms with Gasteiger partial charge in [0.1, 0.15) is 5.78 Å². The third-order valence-electron chi connectivity index (χ3n) is 3.10. The SMILES string of the molecule is COc1cc2c(cc1OC)[C@H](C)CC(=O)C2. The van der Waals surface area contributed by atoms with Crippen molar-refractivity contribution in [3.8, 4) is 11.5 Å². The van der Waals surface area contributed by atoms with E-state index in [1.807, 2.05) is 12.1 Å². The van der Waals surface area contributed by atoms with Gasteiger partial charge in [-0.2, -0.15) is 0 Å². The number of carbonyl (C=O) groups is 1. The molecule has 0 radical (unpaired) electrons. The number of ketones is 1. The minimum Gasteiger partial charge on any atom is -0.493 e. The topological polar surface area (TPSA) is 35.5 Å². The molecule has 1 aromatic carbocycles. The third kappa shape index (κ3) is 1.77.